The lowest BCUT2D eigenvalue weighted by Gasteiger charge is -2.38. The molecule has 1 aromatic carbocycles. The summed E-state index contributed by atoms with van der Waals surface area (Å²) in [5.74, 6) is 0. The summed E-state index contributed by atoms with van der Waals surface area (Å²) < 4.78 is 5.56. The molecule has 0 bridgehead atoms. The van der Waals surface area contributed by atoms with Crippen LogP contribution in [0.3, 0.4) is 0 Å². The van der Waals surface area contributed by atoms with Gasteiger partial charge in [-0.15, -0.1) is 0 Å². The maximum atomic E-state index is 6.04. The highest BCUT2D eigenvalue weighted by Gasteiger charge is 2.34. The van der Waals surface area contributed by atoms with Crippen LogP contribution in [0.5, 0.6) is 0 Å². The van der Waals surface area contributed by atoms with Gasteiger partial charge in [0.1, 0.15) is 0 Å². The molecule has 0 aliphatic carbocycles. The number of halogens is 1. The first-order valence-electron chi connectivity index (χ1n) is 7.97. The normalized spacial score (nSPS) is 16.4. The van der Waals surface area contributed by atoms with Gasteiger partial charge in [0.05, 0.1) is 0 Å². The second-order valence-electron chi connectivity index (χ2n) is 5.94. The maximum absolute atomic E-state index is 6.04. The van der Waals surface area contributed by atoms with E-state index in [4.69, 9.17) is 28.6 Å². The Kier molecular flexibility index (Phi) is 5.66. The zero-order valence-corrected chi connectivity index (χ0v) is 14.9. The highest BCUT2D eigenvalue weighted by molar-refractivity contribution is 7.80. The molecule has 0 unspecified atom stereocenters. The topological polar surface area (TPSA) is 46.2 Å². The van der Waals surface area contributed by atoms with Crippen LogP contribution in [0.2, 0.25) is 5.02 Å². The second-order valence-corrected chi connectivity index (χ2v) is 6.79. The van der Waals surface area contributed by atoms with E-state index >= 15 is 0 Å². The van der Waals surface area contributed by atoms with Crippen molar-refractivity contribution in [3.8, 4) is 0 Å². The van der Waals surface area contributed by atoms with Crippen LogP contribution in [-0.4, -0.2) is 29.9 Å². The van der Waals surface area contributed by atoms with E-state index in [1.165, 1.54) is 5.56 Å². The third kappa shape index (κ3) is 4.23. The molecular formula is C18H20ClN3OS. The van der Waals surface area contributed by atoms with Crippen molar-refractivity contribution in [2.24, 2.45) is 0 Å². The fraction of sp³-hybridized carbons (Fsp3) is 0.333. The fourth-order valence-electron chi connectivity index (χ4n) is 2.99. The van der Waals surface area contributed by atoms with Crippen molar-refractivity contribution in [1.29, 1.82) is 0 Å². The molecule has 1 aromatic heterocycles. The molecule has 1 saturated heterocycles. The van der Waals surface area contributed by atoms with E-state index in [0.29, 0.717) is 5.11 Å². The van der Waals surface area contributed by atoms with E-state index in [-0.39, 0.29) is 5.41 Å². The number of anilines is 1. The largest absolute Gasteiger partial charge is 0.381 e. The Morgan fingerprint density at radius 1 is 1.12 bits per heavy atom. The number of rotatable bonds is 4. The van der Waals surface area contributed by atoms with E-state index < -0.39 is 0 Å². The van der Waals surface area contributed by atoms with Crippen LogP contribution in [0.4, 0.5) is 5.69 Å². The predicted molar refractivity (Wildman–Crippen MR) is 102 cm³/mol. The molecular weight excluding hydrogens is 342 g/mol. The van der Waals surface area contributed by atoms with Gasteiger partial charge in [-0.3, -0.25) is 4.98 Å². The smallest absolute Gasteiger partial charge is 0.170 e. The Balaban J connectivity index is 1.68. The zero-order valence-electron chi connectivity index (χ0n) is 13.3. The Hall–Kier alpha value is -1.69. The first-order valence-corrected chi connectivity index (χ1v) is 8.75. The van der Waals surface area contributed by atoms with E-state index in [0.717, 1.165) is 43.3 Å². The van der Waals surface area contributed by atoms with Crippen molar-refractivity contribution >= 4 is 34.6 Å². The molecule has 1 fully saturated rings. The maximum Gasteiger partial charge on any atom is 0.170 e. The molecule has 1 aliphatic rings. The van der Waals surface area contributed by atoms with Gasteiger partial charge < -0.3 is 15.4 Å². The molecule has 0 radical (unpaired) electrons. The molecule has 126 valence electrons. The summed E-state index contributed by atoms with van der Waals surface area (Å²) in [7, 11) is 0. The van der Waals surface area contributed by atoms with Crippen LogP contribution in [0.15, 0.2) is 48.8 Å². The van der Waals surface area contributed by atoms with Gasteiger partial charge in [0, 0.05) is 48.3 Å². The molecule has 0 saturated carbocycles. The predicted octanol–water partition coefficient (Wildman–Crippen LogP) is 3.77. The summed E-state index contributed by atoms with van der Waals surface area (Å²) in [6.07, 6.45) is 5.39. The van der Waals surface area contributed by atoms with Crippen molar-refractivity contribution in [3.05, 3.63) is 59.4 Å². The summed E-state index contributed by atoms with van der Waals surface area (Å²) in [6, 6.07) is 11.9. The van der Waals surface area contributed by atoms with Crippen LogP contribution in [0.25, 0.3) is 0 Å². The zero-order chi connectivity index (χ0) is 16.8. The summed E-state index contributed by atoms with van der Waals surface area (Å²) in [6.45, 7) is 2.28. The van der Waals surface area contributed by atoms with Crippen molar-refractivity contribution in [2.75, 3.05) is 25.1 Å². The number of thiocarbonyl (C=S) groups is 1. The van der Waals surface area contributed by atoms with E-state index in [9.17, 15) is 0 Å². The lowest BCUT2D eigenvalue weighted by Crippen LogP contribution is -2.45. The van der Waals surface area contributed by atoms with E-state index in [2.05, 4.69) is 27.8 Å². The Bertz CT molecular complexity index is 672. The lowest BCUT2D eigenvalue weighted by molar-refractivity contribution is 0.0515. The van der Waals surface area contributed by atoms with E-state index in [1.54, 1.807) is 12.4 Å². The van der Waals surface area contributed by atoms with Crippen molar-refractivity contribution in [3.63, 3.8) is 0 Å². The Labute approximate surface area is 152 Å². The molecule has 0 atom stereocenters. The Morgan fingerprint density at radius 2 is 1.79 bits per heavy atom. The second kappa shape index (κ2) is 7.92. The first kappa shape index (κ1) is 17.1. The molecule has 4 nitrogen and oxygen atoms in total. The molecule has 2 aromatic rings. The van der Waals surface area contributed by atoms with Crippen LogP contribution in [0.1, 0.15) is 18.4 Å². The fourth-order valence-corrected chi connectivity index (χ4v) is 3.31. The number of nitrogens with one attached hydrogen (secondary N) is 2. The van der Waals surface area contributed by atoms with Gasteiger partial charge in [-0.1, -0.05) is 23.7 Å². The molecule has 2 heterocycles. The Morgan fingerprint density at radius 3 is 2.46 bits per heavy atom. The van der Waals surface area contributed by atoms with E-state index in [1.807, 2.05) is 24.3 Å². The SMILES string of the molecule is S=C(NCC1(c2ccc(Cl)cc2)CCOCC1)Nc1ccncc1. The van der Waals surface area contributed by atoms with Gasteiger partial charge in [0.25, 0.3) is 0 Å². The summed E-state index contributed by atoms with van der Waals surface area (Å²) in [5.41, 5.74) is 2.21. The van der Waals surface area contributed by atoms with Gasteiger partial charge in [0.15, 0.2) is 5.11 Å². The van der Waals surface area contributed by atoms with Gasteiger partial charge in [-0.2, -0.15) is 0 Å². The number of pyridine rings is 1. The van der Waals surface area contributed by atoms with Crippen LogP contribution < -0.4 is 10.6 Å². The number of hydrogen-bond donors (Lipinski definition) is 2. The summed E-state index contributed by atoms with van der Waals surface area (Å²) >= 11 is 11.5. The van der Waals surface area contributed by atoms with Crippen LogP contribution in [0, 0.1) is 0 Å². The van der Waals surface area contributed by atoms with Gasteiger partial charge in [-0.25, -0.2) is 0 Å². The van der Waals surface area contributed by atoms with Crippen LogP contribution >= 0.6 is 23.8 Å². The number of benzene rings is 1. The molecule has 0 amide bonds. The third-order valence-corrected chi connectivity index (χ3v) is 4.93. The van der Waals surface area contributed by atoms with Crippen LogP contribution in [-0.2, 0) is 10.2 Å². The minimum Gasteiger partial charge on any atom is -0.381 e. The number of hydrogen-bond acceptors (Lipinski definition) is 3. The lowest BCUT2D eigenvalue weighted by atomic mass is 9.74. The van der Waals surface area contributed by atoms with Crippen molar-refractivity contribution in [2.45, 2.75) is 18.3 Å². The van der Waals surface area contributed by atoms with Gasteiger partial charge in [-0.05, 0) is 54.9 Å². The first-order chi connectivity index (χ1) is 11.7. The molecule has 2 N–H and O–H groups in total. The minimum atomic E-state index is 0.00677. The average molecular weight is 362 g/mol. The van der Waals surface area contributed by atoms with Crippen molar-refractivity contribution < 1.29 is 4.74 Å². The number of nitrogens with zero attached hydrogens (tertiary/aromatic N) is 1. The number of ether oxygens (including phenoxy) is 1. The highest BCUT2D eigenvalue weighted by atomic mass is 35.5. The van der Waals surface area contributed by atoms with Gasteiger partial charge in [0.2, 0.25) is 0 Å². The molecule has 3 rings (SSSR count). The standard InChI is InChI=1S/C18H20ClN3OS/c19-15-3-1-14(2-4-15)18(7-11-23-12-8-18)13-21-17(24)22-16-5-9-20-10-6-16/h1-6,9-10H,7-8,11-13H2,(H2,20,21,22,24). The molecule has 1 aliphatic heterocycles. The third-order valence-electron chi connectivity index (χ3n) is 4.43. The molecule has 0 spiro atoms. The molecule has 6 heteroatoms. The quantitative estimate of drug-likeness (QED) is 0.812. The van der Waals surface area contributed by atoms with Crippen molar-refractivity contribution in [1.82, 2.24) is 10.3 Å². The summed E-state index contributed by atoms with van der Waals surface area (Å²) in [5, 5.41) is 7.92. The molecule has 24 heavy (non-hydrogen) atoms. The monoisotopic (exact) mass is 361 g/mol. The average Bonchev–Trinajstić information content (AvgIpc) is 2.62. The van der Waals surface area contributed by atoms with Gasteiger partial charge >= 0.3 is 0 Å². The minimum absolute atomic E-state index is 0.00677. The number of aromatic nitrogens is 1. The highest BCUT2D eigenvalue weighted by Crippen LogP contribution is 2.34. The summed E-state index contributed by atoms with van der Waals surface area (Å²) in [4.78, 5) is 4.00.